The molecule has 5 heteroatoms. The van der Waals surface area contributed by atoms with Gasteiger partial charge in [0, 0.05) is 11.6 Å². The zero-order valence-electron chi connectivity index (χ0n) is 11.2. The van der Waals surface area contributed by atoms with E-state index in [0.29, 0.717) is 11.6 Å². The molecule has 1 rings (SSSR count). The average Bonchev–Trinajstić information content (AvgIpc) is 2.40. The fourth-order valence-electron chi connectivity index (χ4n) is 1.67. The first-order chi connectivity index (χ1) is 9.06. The monoisotopic (exact) mass is 283 g/mol. The number of nitrogens with zero attached hydrogens (tertiary/aromatic N) is 1. The summed E-state index contributed by atoms with van der Waals surface area (Å²) >= 11 is 5.79. The summed E-state index contributed by atoms with van der Waals surface area (Å²) in [5.74, 6) is -0.493. The van der Waals surface area contributed by atoms with E-state index < -0.39 is 5.97 Å². The van der Waals surface area contributed by atoms with Crippen molar-refractivity contribution in [3.05, 3.63) is 34.9 Å². The van der Waals surface area contributed by atoms with Gasteiger partial charge in [0.2, 0.25) is 5.91 Å². The molecule has 0 aromatic heterocycles. The minimum absolute atomic E-state index is 0.00321. The van der Waals surface area contributed by atoms with E-state index in [1.54, 1.807) is 12.1 Å². The molecule has 0 aliphatic rings. The first kappa shape index (κ1) is 15.5. The van der Waals surface area contributed by atoms with E-state index in [2.05, 4.69) is 4.74 Å². The number of esters is 1. The first-order valence-corrected chi connectivity index (χ1v) is 6.53. The number of benzene rings is 1. The highest BCUT2D eigenvalue weighted by atomic mass is 35.5. The number of carbonyl (C=O) groups is 2. The van der Waals surface area contributed by atoms with Crippen LogP contribution >= 0.6 is 11.6 Å². The molecule has 19 heavy (non-hydrogen) atoms. The van der Waals surface area contributed by atoms with Gasteiger partial charge in [-0.15, -0.1) is 0 Å². The van der Waals surface area contributed by atoms with Crippen molar-refractivity contribution in [2.45, 2.75) is 19.8 Å². The Morgan fingerprint density at radius 3 is 2.42 bits per heavy atom. The molecule has 0 atom stereocenters. The van der Waals surface area contributed by atoms with E-state index in [4.69, 9.17) is 11.6 Å². The number of hydrogen-bond acceptors (Lipinski definition) is 3. The lowest BCUT2D eigenvalue weighted by atomic mass is 10.1. The standard InChI is InChI=1S/C14H18ClNO3/c1-3-8-16(10-14(18)19-2)13(17)9-11-4-6-12(15)7-5-11/h4-7H,3,8-10H2,1-2H3. The van der Waals surface area contributed by atoms with Crippen molar-refractivity contribution in [2.75, 3.05) is 20.2 Å². The average molecular weight is 284 g/mol. The Hall–Kier alpha value is -1.55. The molecular weight excluding hydrogens is 266 g/mol. The molecule has 4 nitrogen and oxygen atoms in total. The number of rotatable bonds is 6. The Morgan fingerprint density at radius 2 is 1.89 bits per heavy atom. The van der Waals surface area contributed by atoms with Crippen LogP contribution in [0.2, 0.25) is 5.02 Å². The predicted molar refractivity (Wildman–Crippen MR) is 74.0 cm³/mol. The zero-order chi connectivity index (χ0) is 14.3. The first-order valence-electron chi connectivity index (χ1n) is 6.15. The third-order valence-corrected chi connectivity index (χ3v) is 2.91. The van der Waals surface area contributed by atoms with Crippen molar-refractivity contribution in [1.29, 1.82) is 0 Å². The van der Waals surface area contributed by atoms with Crippen LogP contribution in [0, 0.1) is 0 Å². The number of ether oxygens (including phenoxy) is 1. The number of carbonyl (C=O) groups excluding carboxylic acids is 2. The lowest BCUT2D eigenvalue weighted by molar-refractivity contribution is -0.146. The van der Waals surface area contributed by atoms with Crippen LogP contribution in [0.15, 0.2) is 24.3 Å². The van der Waals surface area contributed by atoms with Crippen LogP contribution in [-0.4, -0.2) is 37.0 Å². The van der Waals surface area contributed by atoms with Crippen LogP contribution in [0.3, 0.4) is 0 Å². The van der Waals surface area contributed by atoms with E-state index in [1.165, 1.54) is 12.0 Å². The van der Waals surface area contributed by atoms with Crippen LogP contribution in [0.25, 0.3) is 0 Å². The Morgan fingerprint density at radius 1 is 1.26 bits per heavy atom. The van der Waals surface area contributed by atoms with E-state index in [-0.39, 0.29) is 18.9 Å². The Bertz CT molecular complexity index is 431. The highest BCUT2D eigenvalue weighted by Crippen LogP contribution is 2.11. The molecule has 0 saturated carbocycles. The molecule has 0 aliphatic carbocycles. The van der Waals surface area contributed by atoms with Crippen molar-refractivity contribution in [3.8, 4) is 0 Å². The third kappa shape index (κ3) is 5.30. The van der Waals surface area contributed by atoms with Gasteiger partial charge in [-0.1, -0.05) is 30.7 Å². The smallest absolute Gasteiger partial charge is 0.325 e. The molecule has 0 spiro atoms. The third-order valence-electron chi connectivity index (χ3n) is 2.66. The summed E-state index contributed by atoms with van der Waals surface area (Å²) < 4.78 is 4.59. The topological polar surface area (TPSA) is 46.6 Å². The van der Waals surface area contributed by atoms with Crippen molar-refractivity contribution in [1.82, 2.24) is 4.90 Å². The van der Waals surface area contributed by atoms with Gasteiger partial charge in [-0.2, -0.15) is 0 Å². The molecule has 1 aromatic carbocycles. The van der Waals surface area contributed by atoms with Gasteiger partial charge in [0.05, 0.1) is 13.5 Å². The fourth-order valence-corrected chi connectivity index (χ4v) is 1.80. The maximum absolute atomic E-state index is 12.1. The summed E-state index contributed by atoms with van der Waals surface area (Å²) in [5, 5.41) is 0.635. The lowest BCUT2D eigenvalue weighted by Crippen LogP contribution is -2.37. The molecule has 0 bridgehead atoms. The Labute approximate surface area is 118 Å². The second kappa shape index (κ2) is 7.79. The number of amides is 1. The molecule has 0 heterocycles. The maximum atomic E-state index is 12.1. The second-order valence-electron chi connectivity index (χ2n) is 4.19. The van der Waals surface area contributed by atoms with E-state index >= 15 is 0 Å². The largest absolute Gasteiger partial charge is 0.468 e. The van der Waals surface area contributed by atoms with E-state index in [0.717, 1.165) is 12.0 Å². The normalized spacial score (nSPS) is 10.1. The van der Waals surface area contributed by atoms with Gasteiger partial charge in [0.15, 0.2) is 0 Å². The quantitative estimate of drug-likeness (QED) is 0.753. The SMILES string of the molecule is CCCN(CC(=O)OC)C(=O)Cc1ccc(Cl)cc1. The van der Waals surface area contributed by atoms with Gasteiger partial charge in [0.1, 0.15) is 6.54 Å². The summed E-state index contributed by atoms with van der Waals surface area (Å²) in [6.45, 7) is 2.50. The lowest BCUT2D eigenvalue weighted by Gasteiger charge is -2.20. The molecule has 0 unspecified atom stereocenters. The van der Waals surface area contributed by atoms with Gasteiger partial charge in [-0.3, -0.25) is 9.59 Å². The van der Waals surface area contributed by atoms with Crippen molar-refractivity contribution in [2.24, 2.45) is 0 Å². The van der Waals surface area contributed by atoms with Crippen LogP contribution in [0.5, 0.6) is 0 Å². The molecule has 0 aliphatic heterocycles. The van der Waals surface area contributed by atoms with Crippen LogP contribution in [-0.2, 0) is 20.7 Å². The predicted octanol–water partition coefficient (Wildman–Crippen LogP) is 2.29. The fraction of sp³-hybridized carbons (Fsp3) is 0.429. The Kier molecular flexibility index (Phi) is 6.36. The van der Waals surface area contributed by atoms with Gasteiger partial charge in [-0.25, -0.2) is 0 Å². The van der Waals surface area contributed by atoms with E-state index in [9.17, 15) is 9.59 Å². The Balaban J connectivity index is 2.65. The number of halogens is 1. The highest BCUT2D eigenvalue weighted by Gasteiger charge is 2.16. The van der Waals surface area contributed by atoms with E-state index in [1.807, 2.05) is 19.1 Å². The minimum Gasteiger partial charge on any atom is -0.468 e. The van der Waals surface area contributed by atoms with Crippen LogP contribution < -0.4 is 0 Å². The molecule has 104 valence electrons. The summed E-state index contributed by atoms with van der Waals surface area (Å²) in [6, 6.07) is 7.11. The van der Waals surface area contributed by atoms with Gasteiger partial charge in [-0.05, 0) is 24.1 Å². The summed E-state index contributed by atoms with van der Waals surface area (Å²) in [6.07, 6.45) is 1.05. The van der Waals surface area contributed by atoms with Crippen molar-refractivity contribution < 1.29 is 14.3 Å². The van der Waals surface area contributed by atoms with Crippen LogP contribution in [0.1, 0.15) is 18.9 Å². The molecule has 0 radical (unpaired) electrons. The molecule has 0 saturated heterocycles. The summed E-state index contributed by atoms with van der Waals surface area (Å²) in [4.78, 5) is 24.9. The van der Waals surface area contributed by atoms with Crippen LogP contribution in [0.4, 0.5) is 0 Å². The second-order valence-corrected chi connectivity index (χ2v) is 4.63. The highest BCUT2D eigenvalue weighted by molar-refractivity contribution is 6.30. The molecular formula is C14H18ClNO3. The molecule has 1 aromatic rings. The number of methoxy groups -OCH3 is 1. The minimum atomic E-state index is -0.405. The van der Waals surface area contributed by atoms with Gasteiger partial charge in [0.25, 0.3) is 0 Å². The molecule has 1 amide bonds. The molecule has 0 N–H and O–H groups in total. The zero-order valence-corrected chi connectivity index (χ0v) is 11.9. The van der Waals surface area contributed by atoms with Gasteiger partial charge < -0.3 is 9.64 Å². The maximum Gasteiger partial charge on any atom is 0.325 e. The van der Waals surface area contributed by atoms with Crippen molar-refractivity contribution >= 4 is 23.5 Å². The van der Waals surface area contributed by atoms with Gasteiger partial charge >= 0.3 is 5.97 Å². The summed E-state index contributed by atoms with van der Waals surface area (Å²) in [5.41, 5.74) is 0.875. The number of hydrogen-bond donors (Lipinski definition) is 0. The summed E-state index contributed by atoms with van der Waals surface area (Å²) in [7, 11) is 1.32. The molecule has 0 fully saturated rings. The van der Waals surface area contributed by atoms with Crippen molar-refractivity contribution in [3.63, 3.8) is 0 Å².